The number of nitrogens with two attached hydrogens (primary N) is 1. The summed E-state index contributed by atoms with van der Waals surface area (Å²) in [6.07, 6.45) is 4.12. The molecule has 1 aromatic rings. The number of nitrogens with zero attached hydrogens (tertiary/aromatic N) is 3. The number of aliphatic hydroxyl groups is 1. The number of hydrogen-bond acceptors (Lipinski definition) is 4. The average molecular weight is 210 g/mol. The van der Waals surface area contributed by atoms with Crippen molar-refractivity contribution < 1.29 is 5.11 Å². The molecular weight excluding hydrogens is 192 g/mol. The van der Waals surface area contributed by atoms with E-state index >= 15 is 0 Å². The van der Waals surface area contributed by atoms with Crippen LogP contribution in [0.2, 0.25) is 0 Å². The van der Waals surface area contributed by atoms with Gasteiger partial charge in [-0.15, -0.1) is 10.2 Å². The Balaban J connectivity index is 2.30. The molecule has 0 aromatic carbocycles. The molecule has 0 spiro atoms. The first-order valence-corrected chi connectivity index (χ1v) is 5.53. The molecule has 1 fully saturated rings. The topological polar surface area (TPSA) is 77.0 Å². The molecule has 15 heavy (non-hydrogen) atoms. The van der Waals surface area contributed by atoms with Gasteiger partial charge in [0.05, 0.1) is 0 Å². The van der Waals surface area contributed by atoms with Gasteiger partial charge in [-0.1, -0.05) is 12.8 Å². The summed E-state index contributed by atoms with van der Waals surface area (Å²) < 4.78 is 2.06. The molecule has 0 radical (unpaired) electrons. The molecule has 0 aliphatic heterocycles. The molecule has 0 saturated heterocycles. The lowest BCUT2D eigenvalue weighted by Gasteiger charge is -2.17. The van der Waals surface area contributed by atoms with Crippen molar-refractivity contribution in [1.82, 2.24) is 14.8 Å². The molecule has 1 unspecified atom stereocenters. The minimum absolute atomic E-state index is 0.199. The third kappa shape index (κ3) is 1.89. The predicted molar refractivity (Wildman–Crippen MR) is 56.3 cm³/mol. The van der Waals surface area contributed by atoms with Crippen molar-refractivity contribution in [2.75, 3.05) is 6.54 Å². The molecule has 1 atom stereocenters. The Morgan fingerprint density at radius 1 is 1.47 bits per heavy atom. The van der Waals surface area contributed by atoms with Crippen molar-refractivity contribution >= 4 is 0 Å². The molecule has 5 nitrogen and oxygen atoms in total. The molecule has 3 N–H and O–H groups in total. The van der Waals surface area contributed by atoms with Gasteiger partial charge in [0.25, 0.3) is 0 Å². The Labute approximate surface area is 89.3 Å². The monoisotopic (exact) mass is 210 g/mol. The predicted octanol–water partition coefficient (Wildman–Crippen LogP) is 0.694. The maximum Gasteiger partial charge on any atom is 0.163 e. The highest BCUT2D eigenvalue weighted by Crippen LogP contribution is 2.32. The minimum atomic E-state index is -0.688. The third-order valence-corrected chi connectivity index (χ3v) is 3.10. The second-order valence-corrected chi connectivity index (χ2v) is 4.17. The van der Waals surface area contributed by atoms with E-state index in [2.05, 4.69) is 14.8 Å². The van der Waals surface area contributed by atoms with Crippen molar-refractivity contribution in [1.29, 1.82) is 0 Å². The largest absolute Gasteiger partial charge is 0.384 e. The second-order valence-electron chi connectivity index (χ2n) is 4.17. The second kappa shape index (κ2) is 4.28. The molecule has 0 amide bonds. The third-order valence-electron chi connectivity index (χ3n) is 3.10. The fourth-order valence-electron chi connectivity index (χ4n) is 2.33. The van der Waals surface area contributed by atoms with Crippen molar-refractivity contribution in [2.24, 2.45) is 5.73 Å². The molecule has 84 valence electrons. The van der Waals surface area contributed by atoms with Gasteiger partial charge in [0, 0.05) is 12.6 Å². The minimum Gasteiger partial charge on any atom is -0.384 e. The fourth-order valence-corrected chi connectivity index (χ4v) is 2.33. The van der Waals surface area contributed by atoms with E-state index in [1.54, 1.807) is 0 Å². The number of hydrogen-bond donors (Lipinski definition) is 2. The average Bonchev–Trinajstić information content (AvgIpc) is 2.85. The van der Waals surface area contributed by atoms with Crippen LogP contribution in [0.5, 0.6) is 0 Å². The van der Waals surface area contributed by atoms with Crippen LogP contribution in [-0.2, 0) is 0 Å². The number of rotatable bonds is 3. The molecule has 5 heteroatoms. The SMILES string of the molecule is Cc1nnc(C(O)CN)n1C1CCCC1. The van der Waals surface area contributed by atoms with Gasteiger partial charge < -0.3 is 15.4 Å². The summed E-state index contributed by atoms with van der Waals surface area (Å²) in [6.45, 7) is 2.13. The Morgan fingerprint density at radius 3 is 2.73 bits per heavy atom. The molecule has 0 bridgehead atoms. The van der Waals surface area contributed by atoms with Crippen molar-refractivity contribution in [3.05, 3.63) is 11.6 Å². The molecule has 2 rings (SSSR count). The van der Waals surface area contributed by atoms with E-state index in [0.29, 0.717) is 11.9 Å². The highest BCUT2D eigenvalue weighted by Gasteiger charge is 2.24. The maximum atomic E-state index is 9.74. The van der Waals surface area contributed by atoms with Gasteiger partial charge in [-0.3, -0.25) is 0 Å². The van der Waals surface area contributed by atoms with Gasteiger partial charge in [-0.25, -0.2) is 0 Å². The lowest BCUT2D eigenvalue weighted by molar-refractivity contribution is 0.168. The lowest BCUT2D eigenvalue weighted by atomic mass is 10.2. The van der Waals surface area contributed by atoms with E-state index in [9.17, 15) is 5.11 Å². The summed E-state index contributed by atoms with van der Waals surface area (Å²) in [5, 5.41) is 17.8. The van der Waals surface area contributed by atoms with Crippen LogP contribution >= 0.6 is 0 Å². The summed E-state index contributed by atoms with van der Waals surface area (Å²) >= 11 is 0. The van der Waals surface area contributed by atoms with Gasteiger partial charge >= 0.3 is 0 Å². The van der Waals surface area contributed by atoms with Gasteiger partial charge in [0.15, 0.2) is 5.82 Å². The maximum absolute atomic E-state index is 9.74. The summed E-state index contributed by atoms with van der Waals surface area (Å²) in [7, 11) is 0. The Bertz CT molecular complexity index is 330. The van der Waals surface area contributed by atoms with Crippen LogP contribution in [-0.4, -0.2) is 26.4 Å². The molecular formula is C10H18N4O. The standard InChI is InChI=1S/C10H18N4O/c1-7-12-13-10(9(15)6-11)14(7)8-4-2-3-5-8/h8-9,15H,2-6,11H2,1H3. The highest BCUT2D eigenvalue weighted by atomic mass is 16.3. The van der Waals surface area contributed by atoms with E-state index < -0.39 is 6.10 Å². The van der Waals surface area contributed by atoms with E-state index in [4.69, 9.17) is 5.73 Å². The van der Waals surface area contributed by atoms with Crippen LogP contribution in [0.25, 0.3) is 0 Å². The van der Waals surface area contributed by atoms with Gasteiger partial charge in [0.1, 0.15) is 11.9 Å². The van der Waals surface area contributed by atoms with E-state index in [1.165, 1.54) is 12.8 Å². The van der Waals surface area contributed by atoms with Crippen molar-refractivity contribution in [2.45, 2.75) is 44.8 Å². The van der Waals surface area contributed by atoms with Crippen LogP contribution in [0.4, 0.5) is 0 Å². The normalized spacial score (nSPS) is 19.7. The molecule has 1 aliphatic rings. The highest BCUT2D eigenvalue weighted by molar-refractivity contribution is 5.01. The van der Waals surface area contributed by atoms with Crippen LogP contribution in [0, 0.1) is 6.92 Å². The zero-order valence-corrected chi connectivity index (χ0v) is 9.06. The van der Waals surface area contributed by atoms with E-state index in [1.807, 2.05) is 6.92 Å². The molecule has 1 heterocycles. The van der Waals surface area contributed by atoms with Crippen molar-refractivity contribution in [3.63, 3.8) is 0 Å². The van der Waals surface area contributed by atoms with Crippen LogP contribution < -0.4 is 5.73 Å². The summed E-state index contributed by atoms with van der Waals surface area (Å²) in [4.78, 5) is 0. The molecule has 1 aliphatic carbocycles. The smallest absolute Gasteiger partial charge is 0.163 e. The quantitative estimate of drug-likeness (QED) is 0.769. The first-order chi connectivity index (χ1) is 7.24. The van der Waals surface area contributed by atoms with Gasteiger partial charge in [0.2, 0.25) is 0 Å². The number of aliphatic hydroxyl groups excluding tert-OH is 1. The Kier molecular flexibility index (Phi) is 3.02. The van der Waals surface area contributed by atoms with Gasteiger partial charge in [-0.2, -0.15) is 0 Å². The lowest BCUT2D eigenvalue weighted by Crippen LogP contribution is -2.19. The molecule has 1 aromatic heterocycles. The Morgan fingerprint density at radius 2 is 2.13 bits per heavy atom. The zero-order chi connectivity index (χ0) is 10.8. The van der Waals surface area contributed by atoms with E-state index in [0.717, 1.165) is 18.7 Å². The van der Waals surface area contributed by atoms with Crippen LogP contribution in [0.3, 0.4) is 0 Å². The zero-order valence-electron chi connectivity index (χ0n) is 9.06. The van der Waals surface area contributed by atoms with E-state index in [-0.39, 0.29) is 6.54 Å². The fraction of sp³-hybridized carbons (Fsp3) is 0.800. The summed E-state index contributed by atoms with van der Waals surface area (Å²) in [5.41, 5.74) is 5.45. The van der Waals surface area contributed by atoms with Crippen molar-refractivity contribution in [3.8, 4) is 0 Å². The summed E-state index contributed by atoms with van der Waals surface area (Å²) in [6, 6.07) is 0.455. The first-order valence-electron chi connectivity index (χ1n) is 5.53. The summed E-state index contributed by atoms with van der Waals surface area (Å²) in [5.74, 6) is 1.51. The van der Waals surface area contributed by atoms with Crippen LogP contribution in [0.1, 0.15) is 49.5 Å². The first kappa shape index (κ1) is 10.6. The number of aryl methyl sites for hydroxylation is 1. The molecule has 1 saturated carbocycles. The Hall–Kier alpha value is -0.940. The number of aromatic nitrogens is 3. The van der Waals surface area contributed by atoms with Gasteiger partial charge in [-0.05, 0) is 19.8 Å². The van der Waals surface area contributed by atoms with Crippen LogP contribution in [0.15, 0.2) is 0 Å².